The van der Waals surface area contributed by atoms with Gasteiger partial charge in [-0.2, -0.15) is 0 Å². The van der Waals surface area contributed by atoms with Crippen LogP contribution in [0.5, 0.6) is 0 Å². The number of nitrogens with zero attached hydrogens (tertiary/aromatic N) is 3. The van der Waals surface area contributed by atoms with Gasteiger partial charge in [0.2, 0.25) is 0 Å². The molecule has 0 saturated carbocycles. The standard InChI is InChI=1S/C15H16BrClFN3/c1-15(2)8-21(9-4-5-10(17)11(18)6-9)7-12-13(15)19-14(16)20(12)3/h4-6H,7-8H2,1-3H3. The molecule has 0 spiro atoms. The van der Waals surface area contributed by atoms with Crippen molar-refractivity contribution in [1.29, 1.82) is 0 Å². The van der Waals surface area contributed by atoms with E-state index in [1.165, 1.54) is 6.07 Å². The van der Waals surface area contributed by atoms with E-state index in [0.29, 0.717) is 6.54 Å². The Morgan fingerprint density at radius 3 is 2.76 bits per heavy atom. The number of fused-ring (bicyclic) bond motifs is 1. The van der Waals surface area contributed by atoms with Crippen LogP contribution in [0.25, 0.3) is 0 Å². The first-order valence-corrected chi connectivity index (χ1v) is 7.88. The van der Waals surface area contributed by atoms with Crippen molar-refractivity contribution >= 4 is 33.2 Å². The number of aromatic nitrogens is 2. The molecule has 3 rings (SSSR count). The summed E-state index contributed by atoms with van der Waals surface area (Å²) in [5, 5.41) is 0.152. The highest BCUT2D eigenvalue weighted by molar-refractivity contribution is 9.10. The van der Waals surface area contributed by atoms with Crippen molar-refractivity contribution in [3.8, 4) is 0 Å². The van der Waals surface area contributed by atoms with E-state index in [9.17, 15) is 4.39 Å². The van der Waals surface area contributed by atoms with Crippen LogP contribution in [-0.2, 0) is 19.0 Å². The largest absolute Gasteiger partial charge is 0.365 e. The van der Waals surface area contributed by atoms with Gasteiger partial charge in [0, 0.05) is 24.7 Å². The van der Waals surface area contributed by atoms with Crippen LogP contribution in [0.4, 0.5) is 10.1 Å². The molecule has 21 heavy (non-hydrogen) atoms. The van der Waals surface area contributed by atoms with E-state index in [0.717, 1.165) is 28.4 Å². The Morgan fingerprint density at radius 2 is 2.10 bits per heavy atom. The molecule has 0 amide bonds. The Morgan fingerprint density at radius 1 is 1.38 bits per heavy atom. The van der Waals surface area contributed by atoms with E-state index in [4.69, 9.17) is 11.6 Å². The summed E-state index contributed by atoms with van der Waals surface area (Å²) in [5.41, 5.74) is 2.98. The van der Waals surface area contributed by atoms with Crippen LogP contribution >= 0.6 is 27.5 Å². The molecule has 1 aromatic heterocycles. The van der Waals surface area contributed by atoms with Crippen LogP contribution in [0.1, 0.15) is 25.2 Å². The molecule has 0 N–H and O–H groups in total. The SMILES string of the molecule is Cn1c(Br)nc2c1CN(c1ccc(Cl)c(F)c1)CC2(C)C. The molecular formula is C15H16BrClFN3. The molecule has 3 nitrogen and oxygen atoms in total. The maximum Gasteiger partial charge on any atom is 0.177 e. The predicted molar refractivity (Wildman–Crippen MR) is 86.4 cm³/mol. The first-order chi connectivity index (χ1) is 9.79. The van der Waals surface area contributed by atoms with Gasteiger partial charge in [-0.3, -0.25) is 0 Å². The molecule has 1 aromatic carbocycles. The number of rotatable bonds is 1. The summed E-state index contributed by atoms with van der Waals surface area (Å²) >= 11 is 9.25. The monoisotopic (exact) mass is 371 g/mol. The zero-order valence-electron chi connectivity index (χ0n) is 12.1. The van der Waals surface area contributed by atoms with Gasteiger partial charge >= 0.3 is 0 Å². The summed E-state index contributed by atoms with van der Waals surface area (Å²) in [6, 6.07) is 4.96. The lowest BCUT2D eigenvalue weighted by Gasteiger charge is -2.39. The van der Waals surface area contributed by atoms with Crippen LogP contribution in [0.15, 0.2) is 22.9 Å². The minimum atomic E-state index is -0.385. The highest BCUT2D eigenvalue weighted by Gasteiger charge is 2.36. The lowest BCUT2D eigenvalue weighted by molar-refractivity contribution is 0.458. The summed E-state index contributed by atoms with van der Waals surface area (Å²) in [6.07, 6.45) is 0. The molecular weight excluding hydrogens is 357 g/mol. The first-order valence-electron chi connectivity index (χ1n) is 6.71. The summed E-state index contributed by atoms with van der Waals surface area (Å²) < 4.78 is 16.6. The Kier molecular flexibility index (Phi) is 3.53. The van der Waals surface area contributed by atoms with E-state index in [1.54, 1.807) is 6.07 Å². The normalized spacial score (nSPS) is 17.0. The summed E-state index contributed by atoms with van der Waals surface area (Å²) in [6.45, 7) is 5.80. The third-order valence-corrected chi connectivity index (χ3v) is 5.01. The highest BCUT2D eigenvalue weighted by atomic mass is 79.9. The van der Waals surface area contributed by atoms with Crippen LogP contribution in [0.2, 0.25) is 5.02 Å². The van der Waals surface area contributed by atoms with E-state index < -0.39 is 0 Å². The molecule has 0 fully saturated rings. The maximum absolute atomic E-state index is 13.7. The molecule has 1 aliphatic heterocycles. The van der Waals surface area contributed by atoms with Gasteiger partial charge in [-0.1, -0.05) is 25.4 Å². The van der Waals surface area contributed by atoms with Crippen molar-refractivity contribution in [2.75, 3.05) is 11.4 Å². The molecule has 0 radical (unpaired) electrons. The van der Waals surface area contributed by atoms with Crippen LogP contribution in [0, 0.1) is 5.82 Å². The fourth-order valence-corrected chi connectivity index (χ4v) is 3.39. The summed E-state index contributed by atoms with van der Waals surface area (Å²) in [4.78, 5) is 6.78. The number of imidazole rings is 1. The van der Waals surface area contributed by atoms with Crippen LogP contribution < -0.4 is 4.90 Å². The zero-order chi connectivity index (χ0) is 15.4. The summed E-state index contributed by atoms with van der Waals surface area (Å²) in [5.74, 6) is -0.385. The zero-order valence-corrected chi connectivity index (χ0v) is 14.5. The van der Waals surface area contributed by atoms with Gasteiger partial charge in [-0.05, 0) is 34.1 Å². The second kappa shape index (κ2) is 4.99. The minimum absolute atomic E-state index is 0.104. The summed E-state index contributed by atoms with van der Waals surface area (Å²) in [7, 11) is 1.98. The van der Waals surface area contributed by atoms with Gasteiger partial charge < -0.3 is 9.47 Å². The van der Waals surface area contributed by atoms with Crippen LogP contribution in [0.3, 0.4) is 0 Å². The van der Waals surface area contributed by atoms with Gasteiger partial charge in [-0.25, -0.2) is 9.37 Å². The second-order valence-electron chi connectivity index (χ2n) is 6.07. The Bertz CT molecular complexity index is 711. The average Bonchev–Trinajstić information content (AvgIpc) is 2.70. The quantitative estimate of drug-likeness (QED) is 0.745. The third-order valence-electron chi connectivity index (χ3n) is 4.00. The van der Waals surface area contributed by atoms with Crippen molar-refractivity contribution in [2.45, 2.75) is 25.8 Å². The molecule has 0 atom stereocenters. The van der Waals surface area contributed by atoms with Gasteiger partial charge in [0.1, 0.15) is 5.82 Å². The lowest BCUT2D eigenvalue weighted by atomic mass is 9.84. The van der Waals surface area contributed by atoms with Gasteiger partial charge in [0.15, 0.2) is 4.73 Å². The fourth-order valence-electron chi connectivity index (χ4n) is 2.88. The van der Waals surface area contributed by atoms with E-state index >= 15 is 0 Å². The lowest BCUT2D eigenvalue weighted by Crippen LogP contribution is -2.42. The van der Waals surface area contributed by atoms with Gasteiger partial charge in [0.05, 0.1) is 23.0 Å². The predicted octanol–water partition coefficient (Wildman–Crippen LogP) is 4.27. The first kappa shape index (κ1) is 14.9. The maximum atomic E-state index is 13.7. The van der Waals surface area contributed by atoms with E-state index in [-0.39, 0.29) is 16.3 Å². The highest BCUT2D eigenvalue weighted by Crippen LogP contribution is 2.36. The molecule has 0 saturated heterocycles. The van der Waals surface area contributed by atoms with Gasteiger partial charge in [-0.15, -0.1) is 0 Å². The molecule has 1 aliphatic rings. The van der Waals surface area contributed by atoms with Crippen molar-refractivity contribution < 1.29 is 4.39 Å². The van der Waals surface area contributed by atoms with E-state index in [1.807, 2.05) is 17.7 Å². The molecule has 6 heteroatoms. The van der Waals surface area contributed by atoms with Crippen molar-refractivity contribution in [2.24, 2.45) is 7.05 Å². The average molecular weight is 373 g/mol. The number of halogens is 3. The molecule has 2 aromatic rings. The van der Waals surface area contributed by atoms with E-state index in [2.05, 4.69) is 39.7 Å². The molecule has 2 heterocycles. The Balaban J connectivity index is 2.04. The van der Waals surface area contributed by atoms with Crippen LogP contribution in [-0.4, -0.2) is 16.1 Å². The number of hydrogen-bond donors (Lipinski definition) is 0. The molecule has 112 valence electrons. The Labute approximate surface area is 136 Å². The van der Waals surface area contributed by atoms with Crippen molar-refractivity contribution in [3.05, 3.63) is 45.2 Å². The topological polar surface area (TPSA) is 21.1 Å². The molecule has 0 unspecified atom stereocenters. The van der Waals surface area contributed by atoms with Crippen molar-refractivity contribution in [1.82, 2.24) is 9.55 Å². The number of anilines is 1. The minimum Gasteiger partial charge on any atom is -0.365 e. The number of benzene rings is 1. The second-order valence-corrected chi connectivity index (χ2v) is 7.19. The fraction of sp³-hybridized carbons (Fsp3) is 0.400. The Hall–Kier alpha value is -1.07. The molecule has 0 bridgehead atoms. The number of hydrogen-bond acceptors (Lipinski definition) is 2. The van der Waals surface area contributed by atoms with Gasteiger partial charge in [0.25, 0.3) is 0 Å². The molecule has 0 aliphatic carbocycles. The third kappa shape index (κ3) is 2.46. The van der Waals surface area contributed by atoms with Crippen molar-refractivity contribution in [3.63, 3.8) is 0 Å². The smallest absolute Gasteiger partial charge is 0.177 e.